The van der Waals surface area contributed by atoms with E-state index in [9.17, 15) is 0 Å². The molecule has 20 heavy (non-hydrogen) atoms. The van der Waals surface area contributed by atoms with Crippen LogP contribution in [0.5, 0.6) is 0 Å². The van der Waals surface area contributed by atoms with Crippen LogP contribution in [0.3, 0.4) is 0 Å². The lowest BCUT2D eigenvalue weighted by Gasteiger charge is -2.79. The fraction of sp³-hybridized carbons (Fsp3) is 0.250. The molecule has 100 valence electrons. The maximum Gasteiger partial charge on any atom is 0.247 e. The summed E-state index contributed by atoms with van der Waals surface area (Å²) in [4.78, 5) is 0. The van der Waals surface area contributed by atoms with Crippen LogP contribution in [-0.2, 0) is 13.1 Å². The summed E-state index contributed by atoms with van der Waals surface area (Å²) in [6.45, 7) is 2.06. The van der Waals surface area contributed by atoms with Gasteiger partial charge in [-0.25, -0.2) is 0 Å². The van der Waals surface area contributed by atoms with Gasteiger partial charge in [-0.2, -0.15) is 0 Å². The van der Waals surface area contributed by atoms with E-state index in [1.165, 1.54) is 11.1 Å². The first-order chi connectivity index (χ1) is 9.57. The Hall–Kier alpha value is -1.51. The molecule has 0 aliphatic carbocycles. The lowest BCUT2D eigenvalue weighted by molar-refractivity contribution is -0.925. The van der Waals surface area contributed by atoms with Gasteiger partial charge in [0.2, 0.25) is 15.1 Å². The number of hydrogen-bond acceptors (Lipinski definition) is 0. The van der Waals surface area contributed by atoms with Gasteiger partial charge in [-0.3, -0.25) is 0 Å². The van der Waals surface area contributed by atoms with Gasteiger partial charge in [0.1, 0.15) is 0 Å². The topological polar surface area (TPSA) is 0 Å². The minimum atomic E-state index is 0.896. The van der Waals surface area contributed by atoms with Gasteiger partial charge in [-0.15, -0.1) is 0 Å². The van der Waals surface area contributed by atoms with Crippen LogP contribution in [0.2, 0.25) is 0 Å². The Labute approximate surface area is 123 Å². The Bertz CT molecular complexity index is 514. The maximum atomic E-state index is 2.40. The molecule has 0 unspecified atom stereocenters. The molecule has 2 nitrogen and oxygen atoms in total. The molecule has 0 saturated carbocycles. The van der Waals surface area contributed by atoms with E-state index in [1.807, 2.05) is 0 Å². The molecule has 1 aliphatic heterocycles. The Morgan fingerprint density at radius 3 is 1.35 bits per heavy atom. The summed E-state index contributed by atoms with van der Waals surface area (Å²) >= 11 is 0. The third-order valence-corrected chi connectivity index (χ3v) is 3.79. The minimum Gasteiger partial charge on any atom is -0.700 e. The molecule has 0 N–H and O–H groups in total. The first-order valence-electron chi connectivity index (χ1n) is 7.09. The zero-order valence-corrected chi connectivity index (χ0v) is 12.2. The SMILES string of the molecule is C[N+]1(Cc2ccccc2)[B-][N+](C)(Cc2ccccc2)[B-]1. The molecule has 1 aliphatic rings. The molecule has 2 aromatic carbocycles. The van der Waals surface area contributed by atoms with Crippen molar-refractivity contribution < 1.29 is 8.61 Å². The van der Waals surface area contributed by atoms with Crippen molar-refractivity contribution in [3.63, 3.8) is 0 Å². The maximum absolute atomic E-state index is 2.40. The summed E-state index contributed by atoms with van der Waals surface area (Å²) in [7, 11) is 9.33. The molecular weight excluding hydrogens is 242 g/mol. The van der Waals surface area contributed by atoms with Crippen molar-refractivity contribution in [2.45, 2.75) is 13.1 Å². The van der Waals surface area contributed by atoms with Crippen molar-refractivity contribution in [3.05, 3.63) is 71.8 Å². The highest BCUT2D eigenvalue weighted by molar-refractivity contribution is 6.46. The van der Waals surface area contributed by atoms with Gasteiger partial charge in [0.05, 0.1) is 0 Å². The molecule has 0 atom stereocenters. The summed E-state index contributed by atoms with van der Waals surface area (Å²) in [5, 5.41) is 0. The molecule has 2 aromatic rings. The molecule has 4 radical (unpaired) electrons. The standard InChI is InChI=1S/C16H20B2N2/c1-19(13-15-9-5-3-6-10-15)17-20(2,18-19)14-16-11-7-4-8-12-16/h3-12H,13-14H2,1-2H3. The number of rotatable bonds is 4. The van der Waals surface area contributed by atoms with Crippen molar-refractivity contribution in [1.29, 1.82) is 0 Å². The van der Waals surface area contributed by atoms with Crippen molar-refractivity contribution in [1.82, 2.24) is 0 Å². The molecule has 1 saturated heterocycles. The van der Waals surface area contributed by atoms with Gasteiger partial charge in [-0.1, -0.05) is 60.7 Å². The number of quaternary nitrogens is 2. The van der Waals surface area contributed by atoms with E-state index in [-0.39, 0.29) is 0 Å². The van der Waals surface area contributed by atoms with Crippen LogP contribution in [0.4, 0.5) is 0 Å². The average molecular weight is 262 g/mol. The number of hydrogen-bond donors (Lipinski definition) is 0. The van der Waals surface area contributed by atoms with E-state index in [4.69, 9.17) is 0 Å². The lowest BCUT2D eigenvalue weighted by atomic mass is 9.64. The van der Waals surface area contributed by atoms with Crippen molar-refractivity contribution in [3.8, 4) is 0 Å². The second-order valence-electron chi connectivity index (χ2n) is 6.21. The third kappa shape index (κ3) is 2.97. The fourth-order valence-electron chi connectivity index (χ4n) is 3.31. The number of benzene rings is 2. The summed E-state index contributed by atoms with van der Waals surface area (Å²) in [6, 6.07) is 21.4. The Balaban J connectivity index is 1.62. The quantitative estimate of drug-likeness (QED) is 0.742. The van der Waals surface area contributed by atoms with Gasteiger partial charge in [0.15, 0.2) is 0 Å². The minimum absolute atomic E-state index is 0.896. The average Bonchev–Trinajstić information content (AvgIpc) is 2.38. The fourth-order valence-corrected chi connectivity index (χ4v) is 3.31. The van der Waals surface area contributed by atoms with E-state index in [0.29, 0.717) is 0 Å². The monoisotopic (exact) mass is 262 g/mol. The van der Waals surface area contributed by atoms with E-state index < -0.39 is 0 Å². The molecule has 3 rings (SSSR count). The van der Waals surface area contributed by atoms with Crippen LogP contribution in [0.15, 0.2) is 60.7 Å². The van der Waals surface area contributed by atoms with Gasteiger partial charge in [-0.05, 0) is 25.2 Å². The molecule has 0 bridgehead atoms. The zero-order valence-electron chi connectivity index (χ0n) is 12.2. The lowest BCUT2D eigenvalue weighted by Crippen LogP contribution is -2.80. The summed E-state index contributed by atoms with van der Waals surface area (Å²) in [5.74, 6) is 0. The van der Waals surface area contributed by atoms with Gasteiger partial charge in [0.25, 0.3) is 0 Å². The normalized spacial score (nSPS) is 28.9. The molecule has 4 heteroatoms. The highest BCUT2D eigenvalue weighted by atomic mass is 15.5. The van der Waals surface area contributed by atoms with E-state index >= 15 is 0 Å². The summed E-state index contributed by atoms with van der Waals surface area (Å²) < 4.78 is 1.79. The predicted octanol–water partition coefficient (Wildman–Crippen LogP) is 2.36. The second-order valence-corrected chi connectivity index (χ2v) is 6.21. The zero-order chi connectivity index (χ0) is 14.1. The van der Waals surface area contributed by atoms with Crippen LogP contribution in [0.25, 0.3) is 0 Å². The van der Waals surface area contributed by atoms with Crippen LogP contribution in [-0.4, -0.2) is 37.8 Å². The molecule has 0 spiro atoms. The van der Waals surface area contributed by atoms with Crippen LogP contribution in [0, 0.1) is 0 Å². The van der Waals surface area contributed by atoms with Crippen molar-refractivity contribution >= 4 is 15.1 Å². The largest absolute Gasteiger partial charge is 0.700 e. The third-order valence-electron chi connectivity index (χ3n) is 3.79. The first-order valence-corrected chi connectivity index (χ1v) is 7.09. The van der Waals surface area contributed by atoms with Crippen molar-refractivity contribution in [2.75, 3.05) is 14.1 Å². The smallest absolute Gasteiger partial charge is 0.247 e. The molecule has 0 amide bonds. The Morgan fingerprint density at radius 1 is 0.650 bits per heavy atom. The highest BCUT2D eigenvalue weighted by Gasteiger charge is 2.30. The predicted molar refractivity (Wildman–Crippen MR) is 84.2 cm³/mol. The first kappa shape index (κ1) is 13.5. The number of nitrogens with zero attached hydrogens (tertiary/aromatic N) is 2. The van der Waals surface area contributed by atoms with Crippen LogP contribution >= 0.6 is 0 Å². The van der Waals surface area contributed by atoms with Gasteiger partial charge >= 0.3 is 0 Å². The second kappa shape index (κ2) is 5.12. The molecule has 0 aromatic heterocycles. The Morgan fingerprint density at radius 2 is 1.00 bits per heavy atom. The highest BCUT2D eigenvalue weighted by Crippen LogP contribution is 2.26. The summed E-state index contributed by atoms with van der Waals surface area (Å²) in [6.07, 6.45) is 0. The van der Waals surface area contributed by atoms with Crippen molar-refractivity contribution in [2.24, 2.45) is 0 Å². The van der Waals surface area contributed by atoms with E-state index in [1.54, 1.807) is 0 Å². The van der Waals surface area contributed by atoms with E-state index in [2.05, 4.69) is 89.9 Å². The Kier molecular flexibility index (Phi) is 3.45. The molecular formula is C16H20B2N2. The van der Waals surface area contributed by atoms with Gasteiger partial charge in [0, 0.05) is 13.1 Å². The van der Waals surface area contributed by atoms with Crippen LogP contribution in [0.1, 0.15) is 11.1 Å². The van der Waals surface area contributed by atoms with E-state index in [0.717, 1.165) is 21.7 Å². The molecule has 1 fully saturated rings. The summed E-state index contributed by atoms with van der Waals surface area (Å²) in [5.41, 5.74) is 2.77. The molecule has 1 heterocycles. The van der Waals surface area contributed by atoms with Crippen LogP contribution < -0.4 is 0 Å². The van der Waals surface area contributed by atoms with Gasteiger partial charge < -0.3 is 8.61 Å².